The molecule has 160 valence electrons. The van der Waals surface area contributed by atoms with Gasteiger partial charge in [-0.1, -0.05) is 11.6 Å². The molecule has 0 aliphatic carbocycles. The number of benzene rings is 1. The van der Waals surface area contributed by atoms with Crippen molar-refractivity contribution < 1.29 is 29.0 Å². The summed E-state index contributed by atoms with van der Waals surface area (Å²) in [5.41, 5.74) is 1.48. The summed E-state index contributed by atoms with van der Waals surface area (Å²) in [4.78, 5) is 36.6. The Balaban J connectivity index is 1.45. The van der Waals surface area contributed by atoms with Crippen molar-refractivity contribution in [2.45, 2.75) is 6.10 Å². The van der Waals surface area contributed by atoms with E-state index >= 15 is 0 Å². The molecule has 9 nitrogen and oxygen atoms in total. The van der Waals surface area contributed by atoms with E-state index in [1.54, 1.807) is 36.4 Å². The van der Waals surface area contributed by atoms with Crippen LogP contribution in [0.3, 0.4) is 0 Å². The number of aliphatic carboxylic acids is 1. The van der Waals surface area contributed by atoms with Gasteiger partial charge in [-0.25, -0.2) is 9.59 Å². The number of hydrogen-bond donors (Lipinski definition) is 3. The van der Waals surface area contributed by atoms with Gasteiger partial charge in [0, 0.05) is 17.9 Å². The quantitative estimate of drug-likeness (QED) is 0.473. The van der Waals surface area contributed by atoms with E-state index < -0.39 is 18.2 Å². The molecule has 1 aliphatic rings. The maximum absolute atomic E-state index is 12.2. The number of hydrogen-bond acceptors (Lipinski definition) is 7. The molecule has 0 unspecified atom stereocenters. The number of amides is 2. The molecule has 1 atom stereocenters. The van der Waals surface area contributed by atoms with E-state index in [1.165, 1.54) is 16.2 Å². The summed E-state index contributed by atoms with van der Waals surface area (Å²) in [7, 11) is 0. The molecule has 11 heteroatoms. The van der Waals surface area contributed by atoms with Crippen molar-refractivity contribution in [3.05, 3.63) is 45.6 Å². The molecule has 1 aromatic carbocycles. The zero-order valence-corrected chi connectivity index (χ0v) is 17.4. The molecular weight excluding hydrogens is 434 g/mol. The number of anilines is 2. The third-order valence-electron chi connectivity index (χ3n) is 4.14. The first-order valence-corrected chi connectivity index (χ1v) is 10.3. The minimum absolute atomic E-state index is 0.201. The average molecular weight is 454 g/mol. The van der Waals surface area contributed by atoms with Gasteiger partial charge in [0.15, 0.2) is 0 Å². The number of cyclic esters (lactones) is 1. The predicted molar refractivity (Wildman–Crippen MR) is 113 cm³/mol. The van der Waals surface area contributed by atoms with Crippen molar-refractivity contribution >= 4 is 52.3 Å². The Hall–Kier alpha value is -2.82. The number of carboxylic acids is 1. The number of rotatable bonds is 10. The Kier molecular flexibility index (Phi) is 7.50. The van der Waals surface area contributed by atoms with Crippen molar-refractivity contribution in [1.29, 1.82) is 0 Å². The lowest BCUT2D eigenvalue weighted by Crippen LogP contribution is -2.34. The number of carbonyl (C=O) groups is 3. The van der Waals surface area contributed by atoms with Crippen LogP contribution in [-0.4, -0.2) is 62.0 Å². The van der Waals surface area contributed by atoms with Crippen LogP contribution >= 0.6 is 22.9 Å². The zero-order valence-electron chi connectivity index (χ0n) is 15.8. The van der Waals surface area contributed by atoms with E-state index in [9.17, 15) is 14.4 Å². The highest BCUT2D eigenvalue weighted by molar-refractivity contribution is 7.18. The van der Waals surface area contributed by atoms with E-state index in [4.69, 9.17) is 26.2 Å². The molecule has 1 saturated heterocycles. The van der Waals surface area contributed by atoms with E-state index in [1.807, 2.05) is 0 Å². The van der Waals surface area contributed by atoms with Gasteiger partial charge in [0.1, 0.15) is 12.7 Å². The summed E-state index contributed by atoms with van der Waals surface area (Å²) in [6.45, 7) is 0.903. The first-order valence-electron chi connectivity index (χ1n) is 9.07. The van der Waals surface area contributed by atoms with Gasteiger partial charge in [0.05, 0.1) is 28.9 Å². The summed E-state index contributed by atoms with van der Waals surface area (Å²) < 4.78 is 10.8. The summed E-state index contributed by atoms with van der Waals surface area (Å²) in [5.74, 6) is -1.27. The van der Waals surface area contributed by atoms with Crippen molar-refractivity contribution in [1.82, 2.24) is 5.32 Å². The highest BCUT2D eigenvalue weighted by Crippen LogP contribution is 2.24. The van der Waals surface area contributed by atoms with Crippen LogP contribution < -0.4 is 15.5 Å². The Morgan fingerprint density at radius 3 is 2.70 bits per heavy atom. The zero-order chi connectivity index (χ0) is 21.5. The number of halogens is 1. The number of ether oxygens (including phenoxy) is 2. The van der Waals surface area contributed by atoms with E-state index in [0.29, 0.717) is 28.0 Å². The van der Waals surface area contributed by atoms with E-state index in [2.05, 4.69) is 10.6 Å². The number of nitrogens with zero attached hydrogens (tertiary/aromatic N) is 1. The van der Waals surface area contributed by atoms with Crippen LogP contribution in [0.4, 0.5) is 16.2 Å². The lowest BCUT2D eigenvalue weighted by atomic mass is 10.2. The lowest BCUT2D eigenvalue weighted by molar-refractivity contribution is -0.142. The molecule has 3 N–H and O–H groups in total. The number of carboxylic acid groups (broad SMARTS) is 1. The lowest BCUT2D eigenvalue weighted by Gasteiger charge is -2.14. The van der Waals surface area contributed by atoms with Crippen molar-refractivity contribution in [3.63, 3.8) is 0 Å². The summed E-state index contributed by atoms with van der Waals surface area (Å²) >= 11 is 7.02. The summed E-state index contributed by atoms with van der Waals surface area (Å²) in [5, 5.41) is 14.3. The van der Waals surface area contributed by atoms with Gasteiger partial charge in [-0.2, -0.15) is 0 Å². The van der Waals surface area contributed by atoms with Crippen LogP contribution in [-0.2, 0) is 14.3 Å². The largest absolute Gasteiger partial charge is 0.480 e. The monoisotopic (exact) mass is 453 g/mol. The van der Waals surface area contributed by atoms with Crippen LogP contribution in [0.15, 0.2) is 36.4 Å². The Bertz CT molecular complexity index is 904. The fourth-order valence-electron chi connectivity index (χ4n) is 2.75. The van der Waals surface area contributed by atoms with Gasteiger partial charge in [-0.05, 0) is 36.4 Å². The molecule has 1 aromatic heterocycles. The van der Waals surface area contributed by atoms with Crippen LogP contribution in [0.1, 0.15) is 9.67 Å². The Morgan fingerprint density at radius 1 is 1.27 bits per heavy atom. The van der Waals surface area contributed by atoms with Crippen LogP contribution in [0.25, 0.3) is 0 Å². The minimum Gasteiger partial charge on any atom is -0.480 e. The molecule has 2 amide bonds. The van der Waals surface area contributed by atoms with Gasteiger partial charge in [-0.15, -0.1) is 11.3 Å². The molecule has 0 spiro atoms. The Morgan fingerprint density at radius 2 is 2.03 bits per heavy atom. The summed E-state index contributed by atoms with van der Waals surface area (Å²) in [6.07, 6.45) is -0.933. The molecule has 0 radical (unpaired) electrons. The predicted octanol–water partition coefficient (Wildman–Crippen LogP) is 2.67. The molecule has 1 aliphatic heterocycles. The van der Waals surface area contributed by atoms with Crippen molar-refractivity contribution in [3.8, 4) is 0 Å². The van der Waals surface area contributed by atoms with Gasteiger partial charge in [0.2, 0.25) is 0 Å². The van der Waals surface area contributed by atoms with Crippen molar-refractivity contribution in [2.75, 3.05) is 43.1 Å². The number of carbonyl (C=O) groups excluding carboxylic acids is 2. The van der Waals surface area contributed by atoms with Crippen LogP contribution in [0, 0.1) is 0 Å². The molecule has 3 rings (SSSR count). The molecule has 0 bridgehead atoms. The van der Waals surface area contributed by atoms with Gasteiger partial charge >= 0.3 is 12.1 Å². The Labute approximate surface area is 181 Å². The number of nitrogens with one attached hydrogen (secondary N) is 2. The topological polar surface area (TPSA) is 117 Å². The fourth-order valence-corrected chi connectivity index (χ4v) is 3.71. The van der Waals surface area contributed by atoms with Gasteiger partial charge in [-0.3, -0.25) is 9.69 Å². The molecule has 2 heterocycles. The molecular formula is C19H20ClN3O6S. The smallest absolute Gasteiger partial charge is 0.414 e. The second-order valence-corrected chi connectivity index (χ2v) is 8.07. The third-order valence-corrected chi connectivity index (χ3v) is 5.37. The van der Waals surface area contributed by atoms with Crippen LogP contribution in [0.2, 0.25) is 4.34 Å². The maximum Gasteiger partial charge on any atom is 0.414 e. The van der Waals surface area contributed by atoms with E-state index in [-0.39, 0.29) is 25.7 Å². The first kappa shape index (κ1) is 21.9. The normalized spacial score (nSPS) is 15.7. The highest BCUT2D eigenvalue weighted by atomic mass is 35.5. The second-order valence-electron chi connectivity index (χ2n) is 6.35. The second kappa shape index (κ2) is 10.3. The molecule has 0 saturated carbocycles. The number of thiophene rings is 1. The van der Waals surface area contributed by atoms with E-state index in [0.717, 1.165) is 5.69 Å². The first-order chi connectivity index (χ1) is 14.4. The molecule has 2 aromatic rings. The summed E-state index contributed by atoms with van der Waals surface area (Å²) in [6, 6.07) is 10.4. The van der Waals surface area contributed by atoms with Crippen LogP contribution in [0.5, 0.6) is 0 Å². The highest BCUT2D eigenvalue weighted by Gasteiger charge is 2.32. The SMILES string of the molecule is O=C(O)COCCNc1ccc(N2C[C@@H](CNC(=O)c3ccc(Cl)s3)OC2=O)cc1. The fraction of sp³-hybridized carbons (Fsp3) is 0.316. The molecule has 1 fully saturated rings. The maximum atomic E-state index is 12.2. The molecule has 30 heavy (non-hydrogen) atoms. The third kappa shape index (κ3) is 6.09. The van der Waals surface area contributed by atoms with Crippen molar-refractivity contribution in [2.24, 2.45) is 0 Å². The average Bonchev–Trinajstić information content (AvgIpc) is 3.32. The minimum atomic E-state index is -1.01. The van der Waals surface area contributed by atoms with Gasteiger partial charge < -0.3 is 25.2 Å². The standard InChI is InChI=1S/C19H20ClN3O6S/c20-16-6-5-15(30-16)18(26)22-9-14-10-23(19(27)29-14)13-3-1-12(2-4-13)21-7-8-28-11-17(24)25/h1-6,14,21H,7-11H2,(H,22,26)(H,24,25)/t14-/m1/s1. The van der Waals surface area contributed by atoms with Gasteiger partial charge in [0.25, 0.3) is 5.91 Å².